The van der Waals surface area contributed by atoms with Gasteiger partial charge in [-0.25, -0.2) is 0 Å². The number of ether oxygens (including phenoxy) is 1. The lowest BCUT2D eigenvalue weighted by Crippen LogP contribution is -2.30. The summed E-state index contributed by atoms with van der Waals surface area (Å²) in [7, 11) is 0. The molecule has 176 valence electrons. The maximum absolute atomic E-state index is 12.8. The number of esters is 1. The van der Waals surface area contributed by atoms with E-state index < -0.39 is 11.9 Å². The van der Waals surface area contributed by atoms with Crippen LogP contribution >= 0.6 is 0 Å². The molecule has 0 N–H and O–H groups in total. The molecule has 0 bridgehead atoms. The summed E-state index contributed by atoms with van der Waals surface area (Å²) in [4.78, 5) is 53.9. The number of imide groups is 1. The van der Waals surface area contributed by atoms with Gasteiger partial charge in [0.05, 0.1) is 23.4 Å². The number of rotatable bonds is 4. The fraction of sp³-hybridized carbons (Fsp3) is 0.407. The van der Waals surface area contributed by atoms with Crippen LogP contribution in [0.5, 0.6) is 5.75 Å². The van der Waals surface area contributed by atoms with E-state index in [0.29, 0.717) is 11.4 Å². The average molecular weight is 461 g/mol. The second-order valence-electron chi connectivity index (χ2n) is 9.62. The van der Waals surface area contributed by atoms with Gasteiger partial charge in [0.2, 0.25) is 17.7 Å². The van der Waals surface area contributed by atoms with Crippen molar-refractivity contribution in [2.24, 2.45) is 17.8 Å². The van der Waals surface area contributed by atoms with Gasteiger partial charge in [-0.3, -0.25) is 24.1 Å². The molecule has 3 aliphatic rings. The third-order valence-electron chi connectivity index (χ3n) is 7.26. The van der Waals surface area contributed by atoms with E-state index in [1.54, 1.807) is 29.2 Å². The first kappa shape index (κ1) is 22.3. The third-order valence-corrected chi connectivity index (χ3v) is 7.26. The van der Waals surface area contributed by atoms with Gasteiger partial charge in [0, 0.05) is 18.7 Å². The van der Waals surface area contributed by atoms with Crippen molar-refractivity contribution in [2.75, 3.05) is 16.3 Å². The normalized spacial score (nSPS) is 24.5. The molecule has 7 heteroatoms. The van der Waals surface area contributed by atoms with Crippen molar-refractivity contribution in [1.82, 2.24) is 0 Å². The fourth-order valence-electron chi connectivity index (χ4n) is 5.49. The number of carbonyl (C=O) groups is 4. The number of anilines is 2. The highest BCUT2D eigenvalue weighted by atomic mass is 16.5. The molecule has 1 aliphatic carbocycles. The van der Waals surface area contributed by atoms with Crippen molar-refractivity contribution in [3.8, 4) is 5.75 Å². The zero-order valence-electron chi connectivity index (χ0n) is 19.5. The number of hydrogen-bond acceptors (Lipinski definition) is 5. The number of fused-ring (bicyclic) bond motifs is 1. The van der Waals surface area contributed by atoms with Crippen LogP contribution in [0.25, 0.3) is 0 Å². The first-order chi connectivity index (χ1) is 16.3. The molecule has 3 amide bonds. The number of nitrogens with zero attached hydrogens (tertiary/aromatic N) is 2. The summed E-state index contributed by atoms with van der Waals surface area (Å²) in [5, 5.41) is 0. The largest absolute Gasteiger partial charge is 0.426 e. The van der Waals surface area contributed by atoms with E-state index >= 15 is 0 Å². The molecule has 3 fully saturated rings. The fourth-order valence-corrected chi connectivity index (χ4v) is 5.49. The summed E-state index contributed by atoms with van der Waals surface area (Å²) in [5.74, 6) is -1.48. The third kappa shape index (κ3) is 3.89. The van der Waals surface area contributed by atoms with Crippen LogP contribution in [0, 0.1) is 31.6 Å². The van der Waals surface area contributed by atoms with Crippen LogP contribution < -0.4 is 14.5 Å². The van der Waals surface area contributed by atoms with E-state index in [1.807, 2.05) is 32.0 Å². The van der Waals surface area contributed by atoms with Gasteiger partial charge in [0.25, 0.3) is 0 Å². The zero-order valence-corrected chi connectivity index (χ0v) is 19.5. The second-order valence-corrected chi connectivity index (χ2v) is 9.62. The van der Waals surface area contributed by atoms with Crippen molar-refractivity contribution >= 4 is 35.1 Å². The van der Waals surface area contributed by atoms with Gasteiger partial charge in [-0.2, -0.15) is 0 Å². The molecular weight excluding hydrogens is 432 g/mol. The minimum atomic E-state index is -0.558. The highest BCUT2D eigenvalue weighted by Crippen LogP contribution is 2.40. The van der Waals surface area contributed by atoms with E-state index in [-0.39, 0.29) is 42.5 Å². The predicted molar refractivity (Wildman–Crippen MR) is 126 cm³/mol. The van der Waals surface area contributed by atoms with Crippen LogP contribution in [0.15, 0.2) is 42.5 Å². The molecule has 0 spiro atoms. The smallest absolute Gasteiger partial charge is 0.316 e. The van der Waals surface area contributed by atoms with Gasteiger partial charge in [-0.05, 0) is 62.6 Å². The number of hydrogen-bond donors (Lipinski definition) is 0. The number of carbonyl (C=O) groups excluding carboxylic acids is 4. The van der Waals surface area contributed by atoms with E-state index in [9.17, 15) is 19.2 Å². The lowest BCUT2D eigenvalue weighted by Gasteiger charge is -2.19. The van der Waals surface area contributed by atoms with E-state index in [1.165, 1.54) is 4.90 Å². The molecule has 3 atom stereocenters. The van der Waals surface area contributed by atoms with Crippen molar-refractivity contribution in [2.45, 2.75) is 46.0 Å². The predicted octanol–water partition coefficient (Wildman–Crippen LogP) is 3.94. The summed E-state index contributed by atoms with van der Waals surface area (Å²) >= 11 is 0. The quantitative estimate of drug-likeness (QED) is 0.392. The molecule has 1 saturated carbocycles. The summed E-state index contributed by atoms with van der Waals surface area (Å²) in [6, 6.07) is 12.3. The van der Waals surface area contributed by atoms with Crippen molar-refractivity contribution in [3.05, 3.63) is 53.6 Å². The van der Waals surface area contributed by atoms with Crippen LogP contribution in [0.3, 0.4) is 0 Å². The van der Waals surface area contributed by atoms with Crippen molar-refractivity contribution in [3.63, 3.8) is 0 Å². The zero-order chi connectivity index (χ0) is 24.0. The van der Waals surface area contributed by atoms with Crippen molar-refractivity contribution < 1.29 is 23.9 Å². The van der Waals surface area contributed by atoms with Crippen LogP contribution in [-0.4, -0.2) is 30.2 Å². The van der Waals surface area contributed by atoms with Gasteiger partial charge in [0.15, 0.2) is 0 Å². The van der Waals surface area contributed by atoms with Gasteiger partial charge in [-0.15, -0.1) is 0 Å². The van der Waals surface area contributed by atoms with E-state index in [0.717, 1.165) is 42.5 Å². The highest BCUT2D eigenvalue weighted by molar-refractivity contribution is 6.22. The Morgan fingerprint density at radius 2 is 1.56 bits per heavy atom. The molecule has 2 aromatic carbocycles. The molecule has 2 heterocycles. The molecule has 0 aromatic heterocycles. The summed E-state index contributed by atoms with van der Waals surface area (Å²) in [6.45, 7) is 4.23. The van der Waals surface area contributed by atoms with Gasteiger partial charge in [0.1, 0.15) is 5.75 Å². The molecule has 2 aromatic rings. The second kappa shape index (κ2) is 8.70. The van der Waals surface area contributed by atoms with Gasteiger partial charge in [-0.1, -0.05) is 30.5 Å². The summed E-state index contributed by atoms with van der Waals surface area (Å²) in [5.41, 5.74) is 3.42. The monoisotopic (exact) mass is 460 g/mol. The molecule has 34 heavy (non-hydrogen) atoms. The molecule has 2 aliphatic heterocycles. The topological polar surface area (TPSA) is 84.0 Å². The Morgan fingerprint density at radius 1 is 0.912 bits per heavy atom. The molecule has 7 nitrogen and oxygen atoms in total. The van der Waals surface area contributed by atoms with Crippen LogP contribution in [0.2, 0.25) is 0 Å². The van der Waals surface area contributed by atoms with E-state index in [2.05, 4.69) is 0 Å². The molecular formula is C27H28N2O5. The summed E-state index contributed by atoms with van der Waals surface area (Å²) in [6.07, 6.45) is 3.59. The van der Waals surface area contributed by atoms with E-state index in [4.69, 9.17) is 4.74 Å². The Labute approximate surface area is 198 Å². The Hall–Kier alpha value is -3.48. The average Bonchev–Trinajstić information content (AvgIpc) is 3.32. The first-order valence-electron chi connectivity index (χ1n) is 11.9. The lowest BCUT2D eigenvalue weighted by atomic mass is 9.81. The van der Waals surface area contributed by atoms with Crippen molar-refractivity contribution in [1.29, 1.82) is 0 Å². The Balaban J connectivity index is 1.25. The maximum atomic E-state index is 12.8. The molecule has 0 unspecified atom stereocenters. The minimum absolute atomic E-state index is 0.100. The summed E-state index contributed by atoms with van der Waals surface area (Å²) < 4.78 is 5.54. The maximum Gasteiger partial charge on any atom is 0.316 e. The highest BCUT2D eigenvalue weighted by Gasteiger charge is 2.48. The SMILES string of the molecule is Cc1ccc(N2C[C@H](C(=O)Oc3ccc(N4C(=O)[C@H]5CCCC[C@@H]5C4=O)cc3)CC2=O)c(C)c1. The van der Waals surface area contributed by atoms with Gasteiger partial charge >= 0.3 is 5.97 Å². The lowest BCUT2D eigenvalue weighted by molar-refractivity contribution is -0.139. The first-order valence-corrected chi connectivity index (χ1v) is 11.9. The molecule has 0 radical (unpaired) electrons. The Bertz CT molecular complexity index is 1150. The number of aryl methyl sites for hydroxylation is 2. The number of benzene rings is 2. The van der Waals surface area contributed by atoms with Gasteiger partial charge < -0.3 is 9.64 Å². The standard InChI is InChI=1S/C27H28N2O5/c1-16-7-12-23(17(2)13-16)28-15-18(14-24(28)30)27(33)34-20-10-8-19(9-11-20)29-25(31)21-5-3-4-6-22(21)26(29)32/h7-13,18,21-22H,3-6,14-15H2,1-2H3/t18-,21+,22+/m1/s1. The van der Waals surface area contributed by atoms with Crippen LogP contribution in [-0.2, 0) is 19.2 Å². The van der Waals surface area contributed by atoms with Crippen LogP contribution in [0.4, 0.5) is 11.4 Å². The molecule has 5 rings (SSSR count). The Kier molecular flexibility index (Phi) is 5.71. The Morgan fingerprint density at radius 3 is 2.18 bits per heavy atom. The minimum Gasteiger partial charge on any atom is -0.426 e. The number of amides is 3. The van der Waals surface area contributed by atoms with Crippen LogP contribution in [0.1, 0.15) is 43.2 Å². The molecule has 2 saturated heterocycles.